The number of amides is 1. The van der Waals surface area contributed by atoms with E-state index in [0.717, 1.165) is 58.3 Å². The Bertz CT molecular complexity index is 1410. The van der Waals surface area contributed by atoms with Gasteiger partial charge in [-0.1, -0.05) is 30.3 Å². The molecule has 0 unspecified atom stereocenters. The molecular weight excluding hydrogens is 460 g/mol. The van der Waals surface area contributed by atoms with Gasteiger partial charge in [-0.25, -0.2) is 14.5 Å². The van der Waals surface area contributed by atoms with Gasteiger partial charge in [0, 0.05) is 16.5 Å². The summed E-state index contributed by atoms with van der Waals surface area (Å²) >= 11 is 1.49. The molecule has 0 bridgehead atoms. The van der Waals surface area contributed by atoms with E-state index in [2.05, 4.69) is 27.5 Å². The molecule has 1 aliphatic rings. The zero-order chi connectivity index (χ0) is 24.5. The van der Waals surface area contributed by atoms with Gasteiger partial charge < -0.3 is 10.1 Å². The van der Waals surface area contributed by atoms with Crippen LogP contribution >= 0.6 is 11.3 Å². The summed E-state index contributed by atoms with van der Waals surface area (Å²) in [6.07, 6.45) is 5.40. The number of nitrogens with one attached hydrogen (secondary N) is 1. The summed E-state index contributed by atoms with van der Waals surface area (Å²) in [5, 5.41) is 9.10. The van der Waals surface area contributed by atoms with Gasteiger partial charge in [-0.05, 0) is 69.2 Å². The number of fused-ring (bicyclic) bond motifs is 2. The van der Waals surface area contributed by atoms with Crippen molar-refractivity contribution in [1.29, 1.82) is 0 Å². The van der Waals surface area contributed by atoms with Crippen LogP contribution in [0.5, 0.6) is 0 Å². The van der Waals surface area contributed by atoms with Gasteiger partial charge >= 0.3 is 5.97 Å². The second-order valence-corrected chi connectivity index (χ2v) is 10.2. The number of anilines is 1. The highest BCUT2D eigenvalue weighted by atomic mass is 32.1. The van der Waals surface area contributed by atoms with E-state index in [9.17, 15) is 9.59 Å². The Hall–Kier alpha value is -3.52. The average Bonchev–Trinajstić information content (AvgIpc) is 3.36. The third kappa shape index (κ3) is 4.58. The standard InChI is InChI=1S/C27H28N4O3S/c1-16(2)34-27(33)24-20-11-7-8-12-21(20)35-26(24)29-22(32)15-31-25-23(17(3)30-31)19(13-14-28-25)18-9-5-4-6-10-18/h4-6,9-10,13-14,16H,7-8,11-12,15H2,1-3H3,(H,29,32). The highest BCUT2D eigenvalue weighted by molar-refractivity contribution is 7.17. The molecule has 0 saturated carbocycles. The van der Waals surface area contributed by atoms with Crippen LogP contribution in [0.2, 0.25) is 0 Å². The number of rotatable bonds is 6. The number of ether oxygens (including phenoxy) is 1. The monoisotopic (exact) mass is 488 g/mol. The Balaban J connectivity index is 1.44. The van der Waals surface area contributed by atoms with E-state index in [0.29, 0.717) is 16.2 Å². The molecule has 8 heteroatoms. The Morgan fingerprint density at radius 1 is 1.14 bits per heavy atom. The van der Waals surface area contributed by atoms with Crippen LogP contribution < -0.4 is 5.32 Å². The first-order chi connectivity index (χ1) is 16.9. The van der Waals surface area contributed by atoms with E-state index in [-0.39, 0.29) is 24.5 Å². The molecule has 3 aromatic heterocycles. The lowest BCUT2D eigenvalue weighted by molar-refractivity contribution is -0.116. The van der Waals surface area contributed by atoms with Crippen molar-refractivity contribution in [3.63, 3.8) is 0 Å². The number of hydrogen-bond acceptors (Lipinski definition) is 6. The van der Waals surface area contributed by atoms with Crippen molar-refractivity contribution < 1.29 is 14.3 Å². The van der Waals surface area contributed by atoms with E-state index >= 15 is 0 Å². The van der Waals surface area contributed by atoms with Gasteiger partial charge in [0.15, 0.2) is 5.65 Å². The number of nitrogens with zero attached hydrogens (tertiary/aromatic N) is 3. The van der Waals surface area contributed by atoms with E-state index < -0.39 is 0 Å². The maximum absolute atomic E-state index is 13.2. The lowest BCUT2D eigenvalue weighted by atomic mass is 9.95. The molecule has 3 heterocycles. The van der Waals surface area contributed by atoms with Gasteiger partial charge in [-0.15, -0.1) is 11.3 Å². The summed E-state index contributed by atoms with van der Waals surface area (Å²) in [6.45, 7) is 5.59. The highest BCUT2D eigenvalue weighted by Gasteiger charge is 2.28. The van der Waals surface area contributed by atoms with Crippen LogP contribution in [0, 0.1) is 6.92 Å². The Morgan fingerprint density at radius 3 is 2.69 bits per heavy atom. The molecule has 1 amide bonds. The minimum atomic E-state index is -0.371. The predicted octanol–water partition coefficient (Wildman–Crippen LogP) is 5.55. The number of hydrogen-bond donors (Lipinski definition) is 1. The van der Waals surface area contributed by atoms with E-state index in [1.165, 1.54) is 11.3 Å². The first-order valence-corrected chi connectivity index (χ1v) is 12.8. The molecule has 0 aliphatic heterocycles. The van der Waals surface area contributed by atoms with Gasteiger partial charge in [0.1, 0.15) is 11.5 Å². The average molecular weight is 489 g/mol. The number of aromatic nitrogens is 3. The number of carbonyl (C=O) groups excluding carboxylic acids is 2. The Morgan fingerprint density at radius 2 is 1.91 bits per heavy atom. The molecule has 4 aromatic rings. The van der Waals surface area contributed by atoms with E-state index in [4.69, 9.17) is 4.74 Å². The number of carbonyl (C=O) groups is 2. The topological polar surface area (TPSA) is 86.1 Å². The largest absolute Gasteiger partial charge is 0.459 e. The van der Waals surface area contributed by atoms with Crippen LogP contribution in [-0.4, -0.2) is 32.7 Å². The number of benzene rings is 1. The lowest BCUT2D eigenvalue weighted by Crippen LogP contribution is -2.21. The maximum Gasteiger partial charge on any atom is 0.341 e. The Labute approximate surface area is 208 Å². The SMILES string of the molecule is Cc1nn(CC(=O)Nc2sc3c(c2C(=O)OC(C)C)CCCC3)c2nccc(-c3ccccc3)c12. The zero-order valence-electron chi connectivity index (χ0n) is 20.1. The molecule has 35 heavy (non-hydrogen) atoms. The summed E-state index contributed by atoms with van der Waals surface area (Å²) < 4.78 is 7.14. The Kier molecular flexibility index (Phi) is 6.38. The van der Waals surface area contributed by atoms with Crippen molar-refractivity contribution in [2.75, 3.05) is 5.32 Å². The van der Waals surface area contributed by atoms with Crippen molar-refractivity contribution in [2.45, 2.75) is 59.1 Å². The fourth-order valence-electron chi connectivity index (χ4n) is 4.70. The van der Waals surface area contributed by atoms with Crippen LogP contribution in [0.4, 0.5) is 5.00 Å². The van der Waals surface area contributed by atoms with Gasteiger partial charge in [0.05, 0.1) is 17.4 Å². The molecule has 7 nitrogen and oxygen atoms in total. The van der Waals surface area contributed by atoms with E-state index in [1.807, 2.05) is 45.0 Å². The fraction of sp³-hybridized carbons (Fsp3) is 0.333. The van der Waals surface area contributed by atoms with Crippen LogP contribution in [0.15, 0.2) is 42.6 Å². The van der Waals surface area contributed by atoms with Gasteiger partial charge in [-0.2, -0.15) is 5.10 Å². The molecule has 5 rings (SSSR count). The molecule has 0 spiro atoms. The summed E-state index contributed by atoms with van der Waals surface area (Å²) in [5.41, 5.74) is 5.11. The second-order valence-electron chi connectivity index (χ2n) is 9.08. The summed E-state index contributed by atoms with van der Waals surface area (Å²) in [4.78, 5) is 31.8. The molecule has 0 radical (unpaired) electrons. The van der Waals surface area contributed by atoms with Gasteiger partial charge in [-0.3, -0.25) is 4.79 Å². The maximum atomic E-state index is 13.2. The third-order valence-corrected chi connectivity index (χ3v) is 7.36. The zero-order valence-corrected chi connectivity index (χ0v) is 20.9. The van der Waals surface area contributed by atoms with Crippen molar-refractivity contribution in [1.82, 2.24) is 14.8 Å². The summed E-state index contributed by atoms with van der Waals surface area (Å²) in [5.74, 6) is -0.622. The molecule has 0 atom stereocenters. The number of pyridine rings is 1. The molecule has 0 fully saturated rings. The summed E-state index contributed by atoms with van der Waals surface area (Å²) in [7, 11) is 0. The van der Waals surface area contributed by atoms with Crippen LogP contribution in [0.3, 0.4) is 0 Å². The third-order valence-electron chi connectivity index (χ3n) is 6.16. The lowest BCUT2D eigenvalue weighted by Gasteiger charge is -2.14. The molecule has 1 aliphatic carbocycles. The minimum absolute atomic E-state index is 0.00316. The van der Waals surface area contributed by atoms with Crippen LogP contribution in [0.25, 0.3) is 22.2 Å². The molecule has 0 saturated heterocycles. The predicted molar refractivity (Wildman–Crippen MR) is 138 cm³/mol. The molecule has 1 aromatic carbocycles. The second kappa shape index (κ2) is 9.62. The first-order valence-electron chi connectivity index (χ1n) is 11.9. The minimum Gasteiger partial charge on any atom is -0.459 e. The van der Waals surface area contributed by atoms with Crippen molar-refractivity contribution >= 4 is 39.2 Å². The van der Waals surface area contributed by atoms with Crippen LogP contribution in [0.1, 0.15) is 53.2 Å². The van der Waals surface area contributed by atoms with Crippen molar-refractivity contribution in [3.05, 3.63) is 64.3 Å². The van der Waals surface area contributed by atoms with Crippen molar-refractivity contribution in [3.8, 4) is 11.1 Å². The molecule has 1 N–H and O–H groups in total. The van der Waals surface area contributed by atoms with Gasteiger partial charge in [0.25, 0.3) is 0 Å². The normalized spacial score (nSPS) is 13.1. The number of thiophene rings is 1. The van der Waals surface area contributed by atoms with E-state index in [1.54, 1.807) is 10.9 Å². The number of esters is 1. The van der Waals surface area contributed by atoms with Crippen molar-refractivity contribution in [2.24, 2.45) is 0 Å². The fourth-order valence-corrected chi connectivity index (χ4v) is 5.99. The quantitative estimate of drug-likeness (QED) is 0.360. The highest BCUT2D eigenvalue weighted by Crippen LogP contribution is 2.39. The molecular formula is C27H28N4O3S. The summed E-state index contributed by atoms with van der Waals surface area (Å²) in [6, 6.07) is 12.0. The molecule has 180 valence electrons. The van der Waals surface area contributed by atoms with Gasteiger partial charge in [0.2, 0.25) is 5.91 Å². The number of aryl methyl sites for hydroxylation is 2. The van der Waals surface area contributed by atoms with Crippen LogP contribution in [-0.2, 0) is 28.9 Å². The smallest absolute Gasteiger partial charge is 0.341 e. The first kappa shape index (κ1) is 23.2.